The maximum absolute atomic E-state index is 12.1. The number of aliphatic hydroxyl groups is 1. The maximum atomic E-state index is 12.1. The molecule has 1 aromatic carbocycles. The summed E-state index contributed by atoms with van der Waals surface area (Å²) < 4.78 is 10.5. The third-order valence-corrected chi connectivity index (χ3v) is 4.11. The SMILES string of the molecule is CCOC(=O)c1ccc(N[C@H](c2ccccn2)c2oc(CO)cc(=O)c2O)cc1. The van der Waals surface area contributed by atoms with Gasteiger partial charge >= 0.3 is 5.97 Å². The second kappa shape index (κ2) is 9.03. The largest absolute Gasteiger partial charge is 0.502 e. The molecule has 0 aliphatic heterocycles. The highest BCUT2D eigenvalue weighted by Gasteiger charge is 2.24. The summed E-state index contributed by atoms with van der Waals surface area (Å²) in [7, 11) is 0. The third-order valence-electron chi connectivity index (χ3n) is 4.11. The second-order valence-electron chi connectivity index (χ2n) is 6.08. The molecule has 0 aliphatic rings. The number of benzene rings is 1. The number of carbonyl (C=O) groups excluding carboxylic acids is 1. The molecular formula is C21H20N2O6. The van der Waals surface area contributed by atoms with E-state index in [0.29, 0.717) is 16.9 Å². The van der Waals surface area contributed by atoms with Crippen molar-refractivity contribution in [1.29, 1.82) is 0 Å². The van der Waals surface area contributed by atoms with Crippen molar-refractivity contribution in [1.82, 2.24) is 4.98 Å². The van der Waals surface area contributed by atoms with Crippen molar-refractivity contribution in [2.75, 3.05) is 11.9 Å². The first-order chi connectivity index (χ1) is 14.0. The van der Waals surface area contributed by atoms with Crippen molar-refractivity contribution in [3.8, 4) is 5.75 Å². The van der Waals surface area contributed by atoms with Gasteiger partial charge in [-0.05, 0) is 43.3 Å². The Kier molecular flexibility index (Phi) is 6.25. The van der Waals surface area contributed by atoms with E-state index < -0.39 is 29.8 Å². The molecule has 0 fully saturated rings. The Hall–Kier alpha value is -3.65. The highest BCUT2D eigenvalue weighted by molar-refractivity contribution is 5.89. The highest BCUT2D eigenvalue weighted by atomic mass is 16.5. The van der Waals surface area contributed by atoms with Gasteiger partial charge in [-0.25, -0.2) is 4.79 Å². The Bertz CT molecular complexity index is 1030. The molecule has 2 heterocycles. The monoisotopic (exact) mass is 396 g/mol. The van der Waals surface area contributed by atoms with Crippen molar-refractivity contribution < 1.29 is 24.2 Å². The van der Waals surface area contributed by atoms with Crippen LogP contribution in [0.4, 0.5) is 5.69 Å². The van der Waals surface area contributed by atoms with Crippen LogP contribution in [0.5, 0.6) is 5.75 Å². The Labute approximate surface area is 166 Å². The molecule has 0 bridgehead atoms. The van der Waals surface area contributed by atoms with Gasteiger partial charge in [0, 0.05) is 18.0 Å². The number of esters is 1. The van der Waals surface area contributed by atoms with E-state index in [1.165, 1.54) is 0 Å². The van der Waals surface area contributed by atoms with Crippen molar-refractivity contribution in [3.05, 3.63) is 87.7 Å². The van der Waals surface area contributed by atoms with Gasteiger partial charge in [-0.1, -0.05) is 6.07 Å². The first kappa shape index (κ1) is 20.1. The van der Waals surface area contributed by atoms with E-state index in [1.54, 1.807) is 55.6 Å². The molecule has 0 spiro atoms. The number of ether oxygens (including phenoxy) is 1. The summed E-state index contributed by atoms with van der Waals surface area (Å²) in [4.78, 5) is 28.2. The number of hydrogen-bond acceptors (Lipinski definition) is 8. The van der Waals surface area contributed by atoms with Crippen LogP contribution in [0.3, 0.4) is 0 Å². The molecule has 8 nitrogen and oxygen atoms in total. The van der Waals surface area contributed by atoms with Crippen molar-refractivity contribution in [2.45, 2.75) is 19.6 Å². The summed E-state index contributed by atoms with van der Waals surface area (Å²) in [6, 6.07) is 11.9. The summed E-state index contributed by atoms with van der Waals surface area (Å²) in [6.45, 7) is 1.51. The molecule has 8 heteroatoms. The third kappa shape index (κ3) is 4.61. The lowest BCUT2D eigenvalue weighted by molar-refractivity contribution is 0.0526. The van der Waals surface area contributed by atoms with E-state index in [0.717, 1.165) is 6.07 Å². The van der Waals surface area contributed by atoms with Crippen LogP contribution in [0.25, 0.3) is 0 Å². The zero-order valence-corrected chi connectivity index (χ0v) is 15.7. The molecule has 2 aromatic heterocycles. The number of pyridine rings is 1. The predicted octanol–water partition coefficient (Wildman–Crippen LogP) is 2.61. The van der Waals surface area contributed by atoms with Gasteiger partial charge in [0.1, 0.15) is 18.4 Å². The van der Waals surface area contributed by atoms with E-state index in [2.05, 4.69) is 10.3 Å². The summed E-state index contributed by atoms with van der Waals surface area (Å²) in [5.41, 5.74) is 0.791. The molecule has 3 N–H and O–H groups in total. The van der Waals surface area contributed by atoms with Crippen LogP contribution in [-0.4, -0.2) is 27.8 Å². The number of hydrogen-bond donors (Lipinski definition) is 3. The number of carbonyl (C=O) groups is 1. The molecule has 3 aromatic rings. The standard InChI is InChI=1S/C21H20N2O6/c1-2-28-21(27)13-6-8-14(9-7-13)23-18(16-5-3-4-10-22-16)20-19(26)17(25)11-15(12-24)29-20/h3-11,18,23-24,26H,2,12H2,1H3/t18-/m1/s1. The fraction of sp³-hybridized carbons (Fsp3) is 0.190. The quantitative estimate of drug-likeness (QED) is 0.521. The number of aromatic hydroxyl groups is 1. The zero-order chi connectivity index (χ0) is 20.8. The van der Waals surface area contributed by atoms with Gasteiger partial charge in [-0.15, -0.1) is 0 Å². The minimum absolute atomic E-state index is 0.0168. The lowest BCUT2D eigenvalue weighted by Crippen LogP contribution is -2.17. The zero-order valence-electron chi connectivity index (χ0n) is 15.7. The smallest absolute Gasteiger partial charge is 0.338 e. The van der Waals surface area contributed by atoms with Gasteiger partial charge in [0.2, 0.25) is 11.2 Å². The molecule has 150 valence electrons. The highest BCUT2D eigenvalue weighted by Crippen LogP contribution is 2.30. The fourth-order valence-electron chi connectivity index (χ4n) is 2.73. The Morgan fingerprint density at radius 2 is 2.00 bits per heavy atom. The number of aromatic nitrogens is 1. The molecule has 1 atom stereocenters. The van der Waals surface area contributed by atoms with Crippen molar-refractivity contribution in [2.24, 2.45) is 0 Å². The average Bonchev–Trinajstić information content (AvgIpc) is 2.75. The van der Waals surface area contributed by atoms with Crippen LogP contribution >= 0.6 is 0 Å². The second-order valence-corrected chi connectivity index (χ2v) is 6.08. The molecule has 3 rings (SSSR count). The van der Waals surface area contributed by atoms with Gasteiger partial charge in [0.05, 0.1) is 17.9 Å². The van der Waals surface area contributed by atoms with E-state index in [4.69, 9.17) is 9.15 Å². The maximum Gasteiger partial charge on any atom is 0.338 e. The molecule has 0 amide bonds. The summed E-state index contributed by atoms with van der Waals surface area (Å²) >= 11 is 0. The number of nitrogens with zero attached hydrogens (tertiary/aromatic N) is 1. The number of rotatable bonds is 7. The molecule has 29 heavy (non-hydrogen) atoms. The summed E-state index contributed by atoms with van der Waals surface area (Å²) in [5.74, 6) is -1.06. The minimum Gasteiger partial charge on any atom is -0.502 e. The van der Waals surface area contributed by atoms with E-state index in [1.807, 2.05) is 0 Å². The molecule has 0 aliphatic carbocycles. The van der Waals surface area contributed by atoms with Crippen LogP contribution in [0.15, 0.2) is 63.9 Å². The van der Waals surface area contributed by atoms with Crippen LogP contribution in [0, 0.1) is 0 Å². The van der Waals surface area contributed by atoms with Gasteiger partial charge in [0.15, 0.2) is 5.76 Å². The Balaban J connectivity index is 1.99. The van der Waals surface area contributed by atoms with Crippen LogP contribution in [-0.2, 0) is 11.3 Å². The lowest BCUT2D eigenvalue weighted by atomic mass is 10.1. The van der Waals surface area contributed by atoms with E-state index in [9.17, 15) is 19.8 Å². The van der Waals surface area contributed by atoms with Gasteiger partial charge in [-0.3, -0.25) is 9.78 Å². The topological polar surface area (TPSA) is 122 Å². The summed E-state index contributed by atoms with van der Waals surface area (Å²) in [5, 5.41) is 22.8. The minimum atomic E-state index is -0.816. The molecule has 0 radical (unpaired) electrons. The molecule has 0 saturated carbocycles. The van der Waals surface area contributed by atoms with Crippen LogP contribution < -0.4 is 10.7 Å². The Morgan fingerprint density at radius 3 is 2.62 bits per heavy atom. The molecule has 0 unspecified atom stereocenters. The van der Waals surface area contributed by atoms with Crippen molar-refractivity contribution >= 4 is 11.7 Å². The van der Waals surface area contributed by atoms with Gasteiger partial charge in [0.25, 0.3) is 0 Å². The number of nitrogens with one attached hydrogen (secondary N) is 1. The fourth-order valence-corrected chi connectivity index (χ4v) is 2.73. The van der Waals surface area contributed by atoms with Crippen molar-refractivity contribution in [3.63, 3.8) is 0 Å². The van der Waals surface area contributed by atoms with Crippen LogP contribution in [0.1, 0.15) is 40.5 Å². The van der Waals surface area contributed by atoms with E-state index in [-0.39, 0.29) is 18.1 Å². The van der Waals surface area contributed by atoms with Crippen LogP contribution in [0.2, 0.25) is 0 Å². The number of anilines is 1. The van der Waals surface area contributed by atoms with Gasteiger partial charge in [-0.2, -0.15) is 0 Å². The average molecular weight is 396 g/mol. The van der Waals surface area contributed by atoms with E-state index >= 15 is 0 Å². The summed E-state index contributed by atoms with van der Waals surface area (Å²) in [6.07, 6.45) is 1.57. The number of aliphatic hydroxyl groups excluding tert-OH is 1. The first-order valence-corrected chi connectivity index (χ1v) is 8.95. The first-order valence-electron chi connectivity index (χ1n) is 8.95. The molecule has 0 saturated heterocycles. The molecular weight excluding hydrogens is 376 g/mol. The van der Waals surface area contributed by atoms with Gasteiger partial charge < -0.3 is 24.7 Å². The lowest BCUT2D eigenvalue weighted by Gasteiger charge is -2.20. The predicted molar refractivity (Wildman–Crippen MR) is 105 cm³/mol. The Morgan fingerprint density at radius 1 is 1.24 bits per heavy atom. The normalized spacial score (nSPS) is 11.7.